The molecule has 8 nitrogen and oxygen atoms in total. The number of fused-ring (bicyclic) bond motifs is 2. The molecule has 2 aromatic carbocycles. The monoisotopic (exact) mass is 422 g/mol. The second-order valence-corrected chi connectivity index (χ2v) is 8.08. The van der Waals surface area contributed by atoms with Crippen LogP contribution in [0.2, 0.25) is 0 Å². The van der Waals surface area contributed by atoms with Crippen molar-refractivity contribution in [3.8, 4) is 0 Å². The minimum atomic E-state index is -0.446. The van der Waals surface area contributed by atoms with Crippen molar-refractivity contribution in [2.45, 2.75) is 0 Å². The molecule has 30 heavy (non-hydrogen) atoms. The van der Waals surface area contributed by atoms with Crippen LogP contribution in [-0.4, -0.2) is 60.5 Å². The molecule has 2 aliphatic heterocycles. The number of hydrogen-bond donors (Lipinski definition) is 1. The zero-order valence-electron chi connectivity index (χ0n) is 16.0. The second kappa shape index (κ2) is 7.51. The molecule has 3 aromatic rings. The van der Waals surface area contributed by atoms with Crippen molar-refractivity contribution in [2.24, 2.45) is 0 Å². The van der Waals surface area contributed by atoms with E-state index in [1.807, 2.05) is 12.1 Å². The number of ether oxygens (including phenoxy) is 1. The summed E-state index contributed by atoms with van der Waals surface area (Å²) in [6.07, 6.45) is 0. The summed E-state index contributed by atoms with van der Waals surface area (Å²) < 4.78 is 6.34. The van der Waals surface area contributed by atoms with Crippen LogP contribution in [-0.2, 0) is 9.53 Å². The van der Waals surface area contributed by atoms with E-state index in [-0.39, 0.29) is 6.54 Å². The van der Waals surface area contributed by atoms with Gasteiger partial charge in [0.1, 0.15) is 6.54 Å². The highest BCUT2D eigenvalue weighted by molar-refractivity contribution is 7.22. The Hall–Kier alpha value is -3.30. The number of anilines is 2. The van der Waals surface area contributed by atoms with Gasteiger partial charge in [0.25, 0.3) is 11.8 Å². The summed E-state index contributed by atoms with van der Waals surface area (Å²) in [7, 11) is 0. The number of aromatic nitrogens is 1. The van der Waals surface area contributed by atoms with Crippen LogP contribution in [0.15, 0.2) is 42.5 Å². The van der Waals surface area contributed by atoms with E-state index >= 15 is 0 Å². The van der Waals surface area contributed by atoms with Crippen LogP contribution in [0, 0.1) is 0 Å². The summed E-state index contributed by atoms with van der Waals surface area (Å²) >= 11 is 1.56. The first-order valence-corrected chi connectivity index (χ1v) is 10.4. The zero-order valence-corrected chi connectivity index (χ0v) is 16.8. The highest BCUT2D eigenvalue weighted by Crippen LogP contribution is 2.31. The van der Waals surface area contributed by atoms with E-state index in [9.17, 15) is 14.4 Å². The number of rotatable bonds is 4. The van der Waals surface area contributed by atoms with Gasteiger partial charge in [-0.3, -0.25) is 19.3 Å². The number of nitrogens with one attached hydrogen (secondary N) is 1. The van der Waals surface area contributed by atoms with Crippen molar-refractivity contribution in [3.05, 3.63) is 53.6 Å². The zero-order chi connectivity index (χ0) is 20.7. The van der Waals surface area contributed by atoms with Crippen molar-refractivity contribution in [1.29, 1.82) is 0 Å². The second-order valence-electron chi connectivity index (χ2n) is 7.07. The lowest BCUT2D eigenvalue weighted by atomic mass is 10.1. The summed E-state index contributed by atoms with van der Waals surface area (Å²) in [5.74, 6) is -1.32. The minimum absolute atomic E-state index is 0.327. The Kier molecular flexibility index (Phi) is 4.68. The highest BCUT2D eigenvalue weighted by atomic mass is 32.1. The average Bonchev–Trinajstić information content (AvgIpc) is 3.29. The maximum absolute atomic E-state index is 12.5. The van der Waals surface area contributed by atoms with Crippen LogP contribution in [0.4, 0.5) is 10.8 Å². The summed E-state index contributed by atoms with van der Waals surface area (Å²) in [5, 5.41) is 3.71. The van der Waals surface area contributed by atoms with Gasteiger partial charge in [0, 0.05) is 18.8 Å². The van der Waals surface area contributed by atoms with Crippen LogP contribution in [0.1, 0.15) is 20.7 Å². The van der Waals surface area contributed by atoms with Gasteiger partial charge in [-0.15, -0.1) is 0 Å². The SMILES string of the molecule is O=C(CN1C(=O)c2ccccc2C1=O)Nc1ccc2nc(N3CCOCC3)sc2c1. The Morgan fingerprint density at radius 3 is 2.47 bits per heavy atom. The quantitative estimate of drug-likeness (QED) is 0.649. The van der Waals surface area contributed by atoms with Crippen LogP contribution in [0.5, 0.6) is 0 Å². The van der Waals surface area contributed by atoms with Crippen LogP contribution in [0.25, 0.3) is 10.2 Å². The van der Waals surface area contributed by atoms with E-state index in [1.54, 1.807) is 41.7 Å². The number of amides is 3. The van der Waals surface area contributed by atoms with Gasteiger partial charge < -0.3 is 15.0 Å². The lowest BCUT2D eigenvalue weighted by Crippen LogP contribution is -2.37. The van der Waals surface area contributed by atoms with Crippen molar-refractivity contribution in [2.75, 3.05) is 43.1 Å². The van der Waals surface area contributed by atoms with E-state index in [1.165, 1.54) is 0 Å². The number of carbonyl (C=O) groups is 3. The number of benzene rings is 2. The maximum Gasteiger partial charge on any atom is 0.262 e. The number of thiazole rings is 1. The van der Waals surface area contributed by atoms with Gasteiger partial charge in [-0.25, -0.2) is 4.98 Å². The lowest BCUT2D eigenvalue weighted by molar-refractivity contribution is -0.116. The van der Waals surface area contributed by atoms with Crippen LogP contribution < -0.4 is 10.2 Å². The maximum atomic E-state index is 12.5. The third kappa shape index (κ3) is 3.31. The first-order valence-electron chi connectivity index (χ1n) is 9.58. The largest absolute Gasteiger partial charge is 0.378 e. The normalized spacial score (nSPS) is 16.3. The predicted molar refractivity (Wildman–Crippen MR) is 113 cm³/mol. The highest BCUT2D eigenvalue weighted by Gasteiger charge is 2.36. The number of carbonyl (C=O) groups excluding carboxylic acids is 3. The molecule has 0 radical (unpaired) electrons. The molecule has 1 aromatic heterocycles. The fourth-order valence-corrected chi connectivity index (χ4v) is 4.66. The van der Waals surface area contributed by atoms with E-state index in [4.69, 9.17) is 4.74 Å². The topological polar surface area (TPSA) is 91.8 Å². The molecule has 5 rings (SSSR count). The number of nitrogens with zero attached hydrogens (tertiary/aromatic N) is 3. The first kappa shape index (κ1) is 18.7. The Labute approximate surface area is 176 Å². The van der Waals surface area contributed by atoms with Gasteiger partial charge >= 0.3 is 0 Å². The molecular weight excluding hydrogens is 404 g/mol. The van der Waals surface area contributed by atoms with Crippen molar-refractivity contribution >= 4 is 50.1 Å². The number of morpholine rings is 1. The molecule has 1 fully saturated rings. The molecule has 1 N–H and O–H groups in total. The fraction of sp³-hybridized carbons (Fsp3) is 0.238. The predicted octanol–water partition coefficient (Wildman–Crippen LogP) is 2.37. The van der Waals surface area contributed by atoms with E-state index in [2.05, 4.69) is 15.2 Å². The molecule has 3 heterocycles. The van der Waals surface area contributed by atoms with E-state index in [0.717, 1.165) is 33.3 Å². The molecule has 0 bridgehead atoms. The van der Waals surface area contributed by atoms with Crippen LogP contribution >= 0.6 is 11.3 Å². The Morgan fingerprint density at radius 1 is 1.07 bits per heavy atom. The van der Waals surface area contributed by atoms with Gasteiger partial charge in [0.15, 0.2) is 5.13 Å². The van der Waals surface area contributed by atoms with Gasteiger partial charge in [-0.2, -0.15) is 0 Å². The minimum Gasteiger partial charge on any atom is -0.378 e. The molecule has 0 aliphatic carbocycles. The van der Waals surface area contributed by atoms with Crippen molar-refractivity contribution in [3.63, 3.8) is 0 Å². The third-order valence-electron chi connectivity index (χ3n) is 5.12. The smallest absolute Gasteiger partial charge is 0.262 e. The standard InChI is InChI=1S/C21H18N4O4S/c26-18(12-25-19(27)14-3-1-2-4-15(14)20(25)28)22-13-5-6-16-17(11-13)30-21(23-16)24-7-9-29-10-8-24/h1-6,11H,7-10,12H2,(H,22,26). The van der Waals surface area contributed by atoms with E-state index < -0.39 is 17.7 Å². The number of hydrogen-bond acceptors (Lipinski definition) is 7. The van der Waals surface area contributed by atoms with Gasteiger partial charge in [0.2, 0.25) is 5.91 Å². The molecule has 152 valence electrons. The molecule has 9 heteroatoms. The summed E-state index contributed by atoms with van der Waals surface area (Å²) in [6.45, 7) is 2.67. The van der Waals surface area contributed by atoms with Crippen LogP contribution in [0.3, 0.4) is 0 Å². The Bertz CT molecular complexity index is 1130. The van der Waals surface area contributed by atoms with Gasteiger partial charge in [-0.1, -0.05) is 23.5 Å². The first-order chi connectivity index (χ1) is 14.6. The average molecular weight is 422 g/mol. The Morgan fingerprint density at radius 2 is 1.77 bits per heavy atom. The summed E-state index contributed by atoms with van der Waals surface area (Å²) in [4.78, 5) is 45.2. The molecule has 0 spiro atoms. The van der Waals surface area contributed by atoms with Crippen molar-refractivity contribution in [1.82, 2.24) is 9.88 Å². The number of imide groups is 1. The van der Waals surface area contributed by atoms with E-state index in [0.29, 0.717) is 30.0 Å². The Balaban J connectivity index is 1.29. The molecule has 0 unspecified atom stereocenters. The summed E-state index contributed by atoms with van der Waals surface area (Å²) in [5.41, 5.74) is 2.12. The fourth-order valence-electron chi connectivity index (χ4n) is 3.61. The molecule has 0 saturated carbocycles. The van der Waals surface area contributed by atoms with Gasteiger partial charge in [0.05, 0.1) is 34.6 Å². The summed E-state index contributed by atoms with van der Waals surface area (Å²) in [6, 6.07) is 12.1. The third-order valence-corrected chi connectivity index (χ3v) is 6.20. The molecular formula is C21H18N4O4S. The van der Waals surface area contributed by atoms with Crippen molar-refractivity contribution < 1.29 is 19.1 Å². The van der Waals surface area contributed by atoms with Gasteiger partial charge in [-0.05, 0) is 30.3 Å². The molecule has 3 amide bonds. The molecule has 0 atom stereocenters. The lowest BCUT2D eigenvalue weighted by Gasteiger charge is -2.25. The molecule has 1 saturated heterocycles. The molecule has 2 aliphatic rings.